The number of aromatic nitrogens is 2. The van der Waals surface area contributed by atoms with Crippen LogP contribution in [0.1, 0.15) is 39.6 Å². The van der Waals surface area contributed by atoms with Gasteiger partial charge >= 0.3 is 5.97 Å². The van der Waals surface area contributed by atoms with Gasteiger partial charge in [-0.05, 0) is 31.0 Å². The first-order valence-electron chi connectivity index (χ1n) is 7.47. The maximum atomic E-state index is 12.6. The summed E-state index contributed by atoms with van der Waals surface area (Å²) in [7, 11) is 0. The van der Waals surface area contributed by atoms with E-state index in [1.165, 1.54) is 12.4 Å². The second kappa shape index (κ2) is 6.83. The van der Waals surface area contributed by atoms with Gasteiger partial charge in [0.05, 0.1) is 28.4 Å². The molecule has 0 atom stereocenters. The smallest absolute Gasteiger partial charge is 0.338 e. The van der Waals surface area contributed by atoms with Gasteiger partial charge in [0.2, 0.25) is 0 Å². The summed E-state index contributed by atoms with van der Waals surface area (Å²) in [6.45, 7) is 1.10. The number of rotatable bonds is 3. The minimum absolute atomic E-state index is 0.0805. The number of benzene rings is 1. The number of carbonyl (C=O) groups excluding carboxylic acids is 1. The van der Waals surface area contributed by atoms with Crippen molar-refractivity contribution in [3.63, 3.8) is 0 Å². The molecule has 8 heteroatoms. The first kappa shape index (κ1) is 16.8. The molecule has 1 amide bonds. The Labute approximate surface area is 148 Å². The van der Waals surface area contributed by atoms with Crippen LogP contribution in [0.5, 0.6) is 0 Å². The predicted octanol–water partition coefficient (Wildman–Crippen LogP) is 3.37. The third-order valence-corrected chi connectivity index (χ3v) is 4.70. The van der Waals surface area contributed by atoms with Crippen LogP contribution in [0, 0.1) is 0 Å². The summed E-state index contributed by atoms with van der Waals surface area (Å²) in [5.74, 6) is -1.14. The van der Waals surface area contributed by atoms with E-state index >= 15 is 0 Å². The molecule has 1 aliphatic heterocycles. The van der Waals surface area contributed by atoms with E-state index in [0.29, 0.717) is 41.5 Å². The number of nitrogens with zero attached hydrogens (tertiary/aromatic N) is 3. The highest BCUT2D eigenvalue weighted by atomic mass is 35.5. The minimum atomic E-state index is -0.996. The molecule has 1 fully saturated rings. The number of piperidine rings is 1. The van der Waals surface area contributed by atoms with Gasteiger partial charge in [-0.2, -0.15) is 5.10 Å². The van der Waals surface area contributed by atoms with Gasteiger partial charge < -0.3 is 10.0 Å². The number of carboxylic acid groups (broad SMARTS) is 1. The van der Waals surface area contributed by atoms with E-state index in [4.69, 9.17) is 28.3 Å². The molecule has 1 N–H and O–H groups in total. The second-order valence-corrected chi connectivity index (χ2v) is 6.51. The number of hydrogen-bond acceptors (Lipinski definition) is 3. The van der Waals surface area contributed by atoms with E-state index < -0.39 is 5.97 Å². The van der Waals surface area contributed by atoms with Crippen molar-refractivity contribution < 1.29 is 14.7 Å². The summed E-state index contributed by atoms with van der Waals surface area (Å²) < 4.78 is 1.66. The van der Waals surface area contributed by atoms with Crippen LogP contribution in [0.4, 0.5) is 0 Å². The molecule has 0 saturated carbocycles. The van der Waals surface area contributed by atoms with Crippen molar-refractivity contribution >= 4 is 35.1 Å². The summed E-state index contributed by atoms with van der Waals surface area (Å²) in [5.41, 5.74) is 0.564. The minimum Gasteiger partial charge on any atom is -0.478 e. The van der Waals surface area contributed by atoms with E-state index in [1.54, 1.807) is 27.8 Å². The Morgan fingerprint density at radius 1 is 1.21 bits per heavy atom. The van der Waals surface area contributed by atoms with Crippen LogP contribution in [-0.4, -0.2) is 44.8 Å². The van der Waals surface area contributed by atoms with Gasteiger partial charge in [-0.1, -0.05) is 23.2 Å². The lowest BCUT2D eigenvalue weighted by Gasteiger charge is -2.32. The van der Waals surface area contributed by atoms with Crippen LogP contribution < -0.4 is 0 Å². The zero-order chi connectivity index (χ0) is 17.3. The van der Waals surface area contributed by atoms with Gasteiger partial charge in [0, 0.05) is 24.3 Å². The highest BCUT2D eigenvalue weighted by molar-refractivity contribution is 6.35. The highest BCUT2D eigenvalue weighted by Crippen LogP contribution is 2.26. The zero-order valence-corrected chi connectivity index (χ0v) is 14.2. The fourth-order valence-corrected chi connectivity index (χ4v) is 3.18. The molecule has 0 unspecified atom stereocenters. The van der Waals surface area contributed by atoms with Gasteiger partial charge in [0.1, 0.15) is 0 Å². The van der Waals surface area contributed by atoms with E-state index in [0.717, 1.165) is 0 Å². The first-order valence-corrected chi connectivity index (χ1v) is 8.23. The standard InChI is InChI=1S/C16H15Cl2N3O3/c17-11-1-2-14(18)13(7-11)15(22)20-5-3-12(4-6-20)21-9-10(8-19-21)16(23)24/h1-2,7-9,12H,3-6H2,(H,23,24). The Morgan fingerprint density at radius 2 is 1.92 bits per heavy atom. The van der Waals surface area contributed by atoms with E-state index in [-0.39, 0.29) is 17.5 Å². The quantitative estimate of drug-likeness (QED) is 0.902. The van der Waals surface area contributed by atoms with Crippen molar-refractivity contribution in [2.45, 2.75) is 18.9 Å². The summed E-state index contributed by atoms with van der Waals surface area (Å²) in [4.78, 5) is 25.2. The number of likely N-dealkylation sites (tertiary alicyclic amines) is 1. The molecule has 1 aliphatic rings. The van der Waals surface area contributed by atoms with Gasteiger partial charge in [0.25, 0.3) is 5.91 Å². The number of hydrogen-bond donors (Lipinski definition) is 1. The summed E-state index contributed by atoms with van der Waals surface area (Å²) >= 11 is 12.0. The molecule has 1 aromatic carbocycles. The number of halogens is 2. The summed E-state index contributed by atoms with van der Waals surface area (Å²) in [5, 5.41) is 13.9. The molecule has 1 aromatic heterocycles. The largest absolute Gasteiger partial charge is 0.478 e. The third kappa shape index (κ3) is 3.39. The summed E-state index contributed by atoms with van der Waals surface area (Å²) in [6, 6.07) is 4.91. The van der Waals surface area contributed by atoms with Crippen LogP contribution >= 0.6 is 23.2 Å². The molecule has 6 nitrogen and oxygen atoms in total. The van der Waals surface area contributed by atoms with Gasteiger partial charge in [-0.3, -0.25) is 9.48 Å². The van der Waals surface area contributed by atoms with Crippen molar-refractivity contribution in [3.8, 4) is 0 Å². The number of carboxylic acids is 1. The zero-order valence-electron chi connectivity index (χ0n) is 12.7. The van der Waals surface area contributed by atoms with E-state index in [2.05, 4.69) is 5.10 Å². The molecule has 24 heavy (non-hydrogen) atoms. The molecule has 2 heterocycles. The van der Waals surface area contributed by atoms with Crippen LogP contribution in [0.25, 0.3) is 0 Å². The fourth-order valence-electron chi connectivity index (χ4n) is 2.81. The normalized spacial score (nSPS) is 15.5. The number of aromatic carboxylic acids is 1. The molecule has 0 spiro atoms. The highest BCUT2D eigenvalue weighted by Gasteiger charge is 2.26. The van der Waals surface area contributed by atoms with Crippen LogP contribution in [-0.2, 0) is 0 Å². The van der Waals surface area contributed by atoms with Crippen molar-refractivity contribution in [2.75, 3.05) is 13.1 Å². The molecule has 2 aromatic rings. The third-order valence-electron chi connectivity index (χ3n) is 4.13. The topological polar surface area (TPSA) is 75.4 Å². The predicted molar refractivity (Wildman–Crippen MR) is 89.8 cm³/mol. The lowest BCUT2D eigenvalue weighted by Crippen LogP contribution is -2.39. The van der Waals surface area contributed by atoms with Gasteiger partial charge in [-0.15, -0.1) is 0 Å². The molecule has 0 radical (unpaired) electrons. The van der Waals surface area contributed by atoms with Crippen LogP contribution in [0.15, 0.2) is 30.6 Å². The molecule has 126 valence electrons. The Kier molecular flexibility index (Phi) is 4.78. The molecule has 1 saturated heterocycles. The lowest BCUT2D eigenvalue weighted by atomic mass is 10.0. The Balaban J connectivity index is 1.67. The van der Waals surface area contributed by atoms with Crippen molar-refractivity contribution in [2.24, 2.45) is 0 Å². The van der Waals surface area contributed by atoms with E-state index in [1.807, 2.05) is 0 Å². The first-order chi connectivity index (χ1) is 11.5. The average molecular weight is 368 g/mol. The molecule has 0 aliphatic carbocycles. The Hall–Kier alpha value is -2.05. The SMILES string of the molecule is O=C(O)c1cnn(C2CCN(C(=O)c3cc(Cl)ccc3Cl)CC2)c1. The van der Waals surface area contributed by atoms with Crippen LogP contribution in [0.3, 0.4) is 0 Å². The van der Waals surface area contributed by atoms with Crippen molar-refractivity contribution in [1.29, 1.82) is 0 Å². The maximum absolute atomic E-state index is 12.6. The van der Waals surface area contributed by atoms with Crippen LogP contribution in [0.2, 0.25) is 10.0 Å². The maximum Gasteiger partial charge on any atom is 0.338 e. The number of carbonyl (C=O) groups is 2. The summed E-state index contributed by atoms with van der Waals surface area (Å²) in [6.07, 6.45) is 4.26. The molecule has 3 rings (SSSR count). The average Bonchev–Trinajstić information content (AvgIpc) is 3.07. The van der Waals surface area contributed by atoms with Crippen molar-refractivity contribution in [1.82, 2.24) is 14.7 Å². The fraction of sp³-hybridized carbons (Fsp3) is 0.312. The van der Waals surface area contributed by atoms with E-state index in [9.17, 15) is 9.59 Å². The second-order valence-electron chi connectivity index (χ2n) is 5.66. The molecular weight excluding hydrogens is 353 g/mol. The lowest BCUT2D eigenvalue weighted by molar-refractivity contribution is 0.0688. The van der Waals surface area contributed by atoms with Crippen molar-refractivity contribution in [3.05, 3.63) is 51.8 Å². The van der Waals surface area contributed by atoms with Gasteiger partial charge in [-0.25, -0.2) is 4.79 Å². The molecular formula is C16H15Cl2N3O3. The monoisotopic (exact) mass is 367 g/mol. The Bertz CT molecular complexity index is 783. The number of amides is 1. The Morgan fingerprint density at radius 3 is 2.54 bits per heavy atom. The van der Waals surface area contributed by atoms with Gasteiger partial charge in [0.15, 0.2) is 0 Å². The molecule has 0 bridgehead atoms.